The zero-order valence-corrected chi connectivity index (χ0v) is 10.1. The summed E-state index contributed by atoms with van der Waals surface area (Å²) in [7, 11) is 0. The molecule has 0 spiro atoms. The molecule has 2 N–H and O–H groups in total. The molecule has 0 amide bonds. The Morgan fingerprint density at radius 1 is 1.08 bits per heavy atom. The summed E-state index contributed by atoms with van der Waals surface area (Å²) in [4.78, 5) is 2.49. The second kappa shape index (κ2) is 4.97. The van der Waals surface area contributed by atoms with Crippen LogP contribution in [0.2, 0.25) is 0 Å². The standard InChI is InChI=1S/C11H26N2/c1-9(2)13(10(3)4)8-11(5,6)7-12/h9-10H,7-8,12H2,1-6H3. The van der Waals surface area contributed by atoms with Crippen LogP contribution < -0.4 is 5.73 Å². The highest BCUT2D eigenvalue weighted by Crippen LogP contribution is 2.18. The van der Waals surface area contributed by atoms with Gasteiger partial charge in [-0.15, -0.1) is 0 Å². The summed E-state index contributed by atoms with van der Waals surface area (Å²) in [6.45, 7) is 15.3. The molecule has 13 heavy (non-hydrogen) atoms. The van der Waals surface area contributed by atoms with Gasteiger partial charge in [0, 0.05) is 18.6 Å². The van der Waals surface area contributed by atoms with Gasteiger partial charge in [-0.2, -0.15) is 0 Å². The molecule has 0 saturated heterocycles. The van der Waals surface area contributed by atoms with Gasteiger partial charge in [-0.05, 0) is 39.7 Å². The van der Waals surface area contributed by atoms with Gasteiger partial charge in [0.15, 0.2) is 0 Å². The molecule has 0 aromatic carbocycles. The van der Waals surface area contributed by atoms with E-state index in [1.165, 1.54) is 0 Å². The highest BCUT2D eigenvalue weighted by molar-refractivity contribution is 4.78. The van der Waals surface area contributed by atoms with E-state index in [9.17, 15) is 0 Å². The van der Waals surface area contributed by atoms with Crippen LogP contribution in [0.5, 0.6) is 0 Å². The van der Waals surface area contributed by atoms with E-state index < -0.39 is 0 Å². The molecule has 0 aromatic rings. The number of nitrogens with zero attached hydrogens (tertiary/aromatic N) is 1. The third-order valence-corrected chi connectivity index (χ3v) is 2.49. The van der Waals surface area contributed by atoms with Crippen LogP contribution in [0, 0.1) is 5.41 Å². The molecule has 0 atom stereocenters. The van der Waals surface area contributed by atoms with Crippen molar-refractivity contribution >= 4 is 0 Å². The Morgan fingerprint density at radius 3 is 1.69 bits per heavy atom. The van der Waals surface area contributed by atoms with Crippen molar-refractivity contribution < 1.29 is 0 Å². The molecule has 2 nitrogen and oxygen atoms in total. The molecule has 0 heterocycles. The third kappa shape index (κ3) is 4.63. The largest absolute Gasteiger partial charge is 0.330 e. The lowest BCUT2D eigenvalue weighted by molar-refractivity contribution is 0.115. The van der Waals surface area contributed by atoms with Crippen LogP contribution in [0.25, 0.3) is 0 Å². The van der Waals surface area contributed by atoms with Gasteiger partial charge in [0.05, 0.1) is 0 Å². The molecular formula is C11H26N2. The van der Waals surface area contributed by atoms with Crippen molar-refractivity contribution in [1.29, 1.82) is 0 Å². The SMILES string of the molecule is CC(C)N(CC(C)(C)CN)C(C)C. The molecule has 0 aromatic heterocycles. The first-order valence-electron chi connectivity index (χ1n) is 5.26. The lowest BCUT2D eigenvalue weighted by Crippen LogP contribution is -2.45. The summed E-state index contributed by atoms with van der Waals surface area (Å²) in [5, 5.41) is 0. The Labute approximate surface area is 83.5 Å². The maximum atomic E-state index is 5.73. The van der Waals surface area contributed by atoms with E-state index in [0.717, 1.165) is 13.1 Å². The average molecular weight is 186 g/mol. The first-order chi connectivity index (χ1) is 5.80. The maximum absolute atomic E-state index is 5.73. The van der Waals surface area contributed by atoms with Crippen molar-refractivity contribution in [2.45, 2.75) is 53.6 Å². The zero-order valence-electron chi connectivity index (χ0n) is 10.1. The Kier molecular flexibility index (Phi) is 4.93. The van der Waals surface area contributed by atoms with Crippen LogP contribution >= 0.6 is 0 Å². The summed E-state index contributed by atoms with van der Waals surface area (Å²) < 4.78 is 0. The smallest absolute Gasteiger partial charge is 0.00502 e. The van der Waals surface area contributed by atoms with Crippen LogP contribution in [0.1, 0.15) is 41.5 Å². The number of nitrogens with two attached hydrogens (primary N) is 1. The fourth-order valence-corrected chi connectivity index (χ4v) is 1.52. The molecule has 0 bridgehead atoms. The molecule has 0 fully saturated rings. The summed E-state index contributed by atoms with van der Waals surface area (Å²) in [5.74, 6) is 0. The molecule has 0 aliphatic rings. The topological polar surface area (TPSA) is 29.3 Å². The average Bonchev–Trinajstić information content (AvgIpc) is 1.99. The molecule has 0 rings (SSSR count). The van der Waals surface area contributed by atoms with Gasteiger partial charge in [0.25, 0.3) is 0 Å². The number of hydrogen-bond donors (Lipinski definition) is 1. The summed E-state index contributed by atoms with van der Waals surface area (Å²) in [6, 6.07) is 1.21. The Bertz CT molecular complexity index is 131. The number of rotatable bonds is 5. The van der Waals surface area contributed by atoms with E-state index in [1.54, 1.807) is 0 Å². The van der Waals surface area contributed by atoms with E-state index in [2.05, 4.69) is 46.4 Å². The summed E-state index contributed by atoms with van der Waals surface area (Å²) >= 11 is 0. The van der Waals surface area contributed by atoms with Gasteiger partial charge in [0.2, 0.25) is 0 Å². The fraction of sp³-hybridized carbons (Fsp3) is 1.00. The minimum Gasteiger partial charge on any atom is -0.330 e. The van der Waals surface area contributed by atoms with Crippen molar-refractivity contribution in [3.8, 4) is 0 Å². The molecule has 0 aliphatic carbocycles. The predicted molar refractivity (Wildman–Crippen MR) is 59.8 cm³/mol. The number of hydrogen-bond acceptors (Lipinski definition) is 2. The molecule has 2 heteroatoms. The molecule has 0 radical (unpaired) electrons. The van der Waals surface area contributed by atoms with Crippen LogP contribution in [-0.2, 0) is 0 Å². The van der Waals surface area contributed by atoms with Crippen LogP contribution in [-0.4, -0.2) is 30.1 Å². The maximum Gasteiger partial charge on any atom is 0.00502 e. The van der Waals surface area contributed by atoms with Gasteiger partial charge >= 0.3 is 0 Å². The lowest BCUT2D eigenvalue weighted by Gasteiger charge is -2.37. The summed E-state index contributed by atoms with van der Waals surface area (Å²) in [5.41, 5.74) is 5.96. The molecule has 0 unspecified atom stereocenters. The molecule has 0 aliphatic heterocycles. The Hall–Kier alpha value is -0.0800. The highest BCUT2D eigenvalue weighted by Gasteiger charge is 2.23. The van der Waals surface area contributed by atoms with E-state index in [-0.39, 0.29) is 5.41 Å². The van der Waals surface area contributed by atoms with Crippen LogP contribution in [0.3, 0.4) is 0 Å². The van der Waals surface area contributed by atoms with E-state index in [4.69, 9.17) is 5.73 Å². The second-order valence-corrected chi connectivity index (χ2v) is 5.23. The van der Waals surface area contributed by atoms with Crippen LogP contribution in [0.15, 0.2) is 0 Å². The Morgan fingerprint density at radius 2 is 1.46 bits per heavy atom. The monoisotopic (exact) mass is 186 g/mol. The van der Waals surface area contributed by atoms with E-state index in [1.807, 2.05) is 0 Å². The minimum atomic E-state index is 0.231. The van der Waals surface area contributed by atoms with Gasteiger partial charge in [0.1, 0.15) is 0 Å². The van der Waals surface area contributed by atoms with Crippen molar-refractivity contribution in [2.24, 2.45) is 11.1 Å². The first kappa shape index (κ1) is 12.9. The first-order valence-corrected chi connectivity index (χ1v) is 5.26. The molecular weight excluding hydrogens is 160 g/mol. The third-order valence-electron chi connectivity index (χ3n) is 2.49. The molecule has 0 saturated carbocycles. The van der Waals surface area contributed by atoms with Gasteiger partial charge in [-0.1, -0.05) is 13.8 Å². The normalized spacial score (nSPS) is 13.4. The Balaban J connectivity index is 4.26. The van der Waals surface area contributed by atoms with E-state index in [0.29, 0.717) is 12.1 Å². The summed E-state index contributed by atoms with van der Waals surface area (Å²) in [6.07, 6.45) is 0. The minimum absolute atomic E-state index is 0.231. The zero-order chi connectivity index (χ0) is 10.6. The van der Waals surface area contributed by atoms with Crippen molar-refractivity contribution in [3.05, 3.63) is 0 Å². The van der Waals surface area contributed by atoms with Crippen molar-refractivity contribution in [2.75, 3.05) is 13.1 Å². The van der Waals surface area contributed by atoms with Crippen molar-refractivity contribution in [1.82, 2.24) is 4.90 Å². The molecule has 80 valence electrons. The van der Waals surface area contributed by atoms with Crippen LogP contribution in [0.4, 0.5) is 0 Å². The van der Waals surface area contributed by atoms with Crippen molar-refractivity contribution in [3.63, 3.8) is 0 Å². The quantitative estimate of drug-likeness (QED) is 0.712. The van der Waals surface area contributed by atoms with Gasteiger partial charge in [-0.25, -0.2) is 0 Å². The highest BCUT2D eigenvalue weighted by atomic mass is 15.2. The predicted octanol–water partition coefficient (Wildman–Crippen LogP) is 2.09. The van der Waals surface area contributed by atoms with Gasteiger partial charge in [-0.3, -0.25) is 4.90 Å². The second-order valence-electron chi connectivity index (χ2n) is 5.23. The van der Waals surface area contributed by atoms with E-state index >= 15 is 0 Å². The lowest BCUT2D eigenvalue weighted by atomic mass is 9.92. The fourth-order valence-electron chi connectivity index (χ4n) is 1.52. The van der Waals surface area contributed by atoms with Gasteiger partial charge < -0.3 is 5.73 Å².